The predicted octanol–water partition coefficient (Wildman–Crippen LogP) is 14.9. The van der Waals surface area contributed by atoms with Crippen LogP contribution in [0.4, 0.5) is 0 Å². The normalized spacial score (nSPS) is 27.5. The molecule has 490 valence electrons. The molecule has 3 aliphatic heterocycles. The highest BCUT2D eigenvalue weighted by Gasteiger charge is 2.57. The molecule has 0 unspecified atom stereocenters. The highest BCUT2D eigenvalue weighted by atomic mass is 16.8. The van der Waals surface area contributed by atoms with E-state index in [1.165, 1.54) is 0 Å². The molecule has 16 atom stereocenters. The molecule has 4 aliphatic rings. The fourth-order valence-corrected chi connectivity index (χ4v) is 13.2. The minimum atomic E-state index is -1.29. The van der Waals surface area contributed by atoms with Crippen LogP contribution in [0.25, 0.3) is 21.2 Å². The van der Waals surface area contributed by atoms with Crippen molar-refractivity contribution in [1.82, 2.24) is 0 Å². The van der Waals surface area contributed by atoms with Crippen LogP contribution < -0.4 is 0 Å². The van der Waals surface area contributed by atoms with E-state index in [0.29, 0.717) is 13.0 Å². The fraction of sp³-hybridized carbons (Fsp3) is 0.342. The summed E-state index contributed by atoms with van der Waals surface area (Å²) < 4.78 is 93.1. The summed E-state index contributed by atoms with van der Waals surface area (Å²) in [7, 11) is 0. The smallest absolute Gasteiger partial charge is 0.187 e. The number of benzene rings is 9. The molecule has 0 radical (unpaired) electrons. The fourth-order valence-electron chi connectivity index (χ4n) is 13.2. The summed E-state index contributed by atoms with van der Waals surface area (Å²) in [5.74, 6) is -0.0685. The average Bonchev–Trinajstić information content (AvgIpc) is 0.919. The van der Waals surface area contributed by atoms with Crippen LogP contribution in [0.5, 0.6) is 0 Å². The molecule has 16 nitrogen and oxygen atoms in total. The van der Waals surface area contributed by atoms with Crippen molar-refractivity contribution in [2.45, 2.75) is 152 Å². The van der Waals surface area contributed by atoms with Crippen molar-refractivity contribution in [1.29, 1.82) is 0 Å². The van der Waals surface area contributed by atoms with Gasteiger partial charge in [0.15, 0.2) is 18.9 Å². The molecule has 3 saturated heterocycles. The molecule has 4 fully saturated rings. The maximum atomic E-state index is 10.6. The number of nitrogens with zero attached hydrogens (tertiary/aromatic N) is 3. The second-order valence-corrected chi connectivity index (χ2v) is 24.7. The van der Waals surface area contributed by atoms with Crippen molar-refractivity contribution in [2.75, 3.05) is 13.2 Å². The first-order valence-corrected chi connectivity index (χ1v) is 32.9. The first-order chi connectivity index (χ1) is 47.0. The Kier molecular flexibility index (Phi) is 22.9. The van der Waals surface area contributed by atoms with Crippen molar-refractivity contribution < 1.29 is 61.6 Å². The van der Waals surface area contributed by atoms with Crippen molar-refractivity contribution in [2.24, 2.45) is 11.0 Å². The van der Waals surface area contributed by atoms with E-state index >= 15 is 0 Å². The maximum Gasteiger partial charge on any atom is 0.187 e. The number of hydrogen-bond acceptors (Lipinski definition) is 14. The molecular weight excluding hydrogens is 1200 g/mol. The molecule has 3 heterocycles. The zero-order valence-electron chi connectivity index (χ0n) is 53.2. The molecule has 9 aromatic carbocycles. The van der Waals surface area contributed by atoms with E-state index in [0.717, 1.165) is 55.3 Å². The van der Waals surface area contributed by atoms with Gasteiger partial charge in [-0.2, -0.15) is 0 Å². The highest BCUT2D eigenvalue weighted by Crippen LogP contribution is 2.42. The third kappa shape index (κ3) is 17.2. The van der Waals surface area contributed by atoms with E-state index in [2.05, 4.69) is 71.5 Å². The Morgan fingerprint density at radius 3 is 1.41 bits per heavy atom. The van der Waals surface area contributed by atoms with Crippen LogP contribution in [-0.2, 0) is 108 Å². The van der Waals surface area contributed by atoms with Gasteiger partial charge in [0.2, 0.25) is 0 Å². The van der Waals surface area contributed by atoms with Crippen molar-refractivity contribution >= 4 is 10.8 Å². The zero-order valence-corrected chi connectivity index (χ0v) is 53.2. The van der Waals surface area contributed by atoms with E-state index < -0.39 is 92.1 Å². The molecule has 1 aliphatic carbocycles. The van der Waals surface area contributed by atoms with E-state index in [4.69, 9.17) is 61.6 Å². The topological polar surface area (TPSA) is 169 Å². The lowest BCUT2D eigenvalue weighted by Crippen LogP contribution is -2.67. The SMILES string of the molecule is C[C@@H]1C[C@@H](OCc2ccc3ccccc3c2)[C@H](O[C@H]2O[C@H](COCc3ccccc3)[C@@H](O[C@@H]3O[C@@H]4CO[C@@H](c5ccccc5)O[C@H]4[C@H](OCc4ccccc4)[C@@H]3N=[N+]=[N-])[C@H](OCc3ccccc3)[C@H]2OCc2ccccc2)[C@H](OCc2ccccc2)[C@H]1OCc1ccccc1. The molecule has 13 rings (SSSR count). The predicted molar refractivity (Wildman–Crippen MR) is 358 cm³/mol. The highest BCUT2D eigenvalue weighted by molar-refractivity contribution is 5.83. The lowest BCUT2D eigenvalue weighted by molar-refractivity contribution is -0.386. The Bertz CT molecular complexity index is 3790. The molecular formula is C79H81N3O13. The van der Waals surface area contributed by atoms with Gasteiger partial charge >= 0.3 is 0 Å². The largest absolute Gasteiger partial charge is 0.374 e. The summed E-state index contributed by atoms with van der Waals surface area (Å²) >= 11 is 0. The van der Waals surface area contributed by atoms with Gasteiger partial charge in [-0.1, -0.05) is 261 Å². The minimum absolute atomic E-state index is 0.0275. The van der Waals surface area contributed by atoms with Crippen molar-refractivity contribution in [3.63, 3.8) is 0 Å². The van der Waals surface area contributed by atoms with E-state index in [-0.39, 0.29) is 58.8 Å². The molecule has 1 saturated carbocycles. The summed E-state index contributed by atoms with van der Waals surface area (Å²) in [4.78, 5) is 3.45. The number of fused-ring (bicyclic) bond motifs is 2. The Hall–Kier alpha value is -7.97. The van der Waals surface area contributed by atoms with Gasteiger partial charge in [0.1, 0.15) is 61.0 Å². The lowest BCUT2D eigenvalue weighted by Gasteiger charge is -2.52. The number of ether oxygens (including phenoxy) is 13. The second-order valence-electron chi connectivity index (χ2n) is 24.7. The number of hydrogen-bond donors (Lipinski definition) is 0. The Morgan fingerprint density at radius 2 is 0.863 bits per heavy atom. The van der Waals surface area contributed by atoms with E-state index in [9.17, 15) is 5.53 Å². The monoisotopic (exact) mass is 1280 g/mol. The molecule has 0 amide bonds. The standard InChI is InChI=1S/C79H81N3O13/c1-54-43-65(84-51-61-41-42-62-37-23-24-40-64(62)44-61)70(74(87-48-58-31-15-5-16-32-58)69(54)85-46-56-27-11-3-12-28-56)95-79-76(89-50-60-35-19-7-20-36-60)75(88-49-59-33-17-6-18-34-59)72(66(92-79)52-83-45-55-25-9-2-10-26-55)94-78-68(81-82-80)73(86-47-57-29-13-4-14-30-57)71-67(91-78)53-90-77(93-71)63-38-21-8-22-39-63/h2-42,44,54,65-79H,43,45-53H2,1H3/t54-,65-,66-,67-,68+,69+,70+,71-,72-,73-,74-,75+,76-,77-,78+,79-/m1/s1. The van der Waals surface area contributed by atoms with Gasteiger partial charge in [0.05, 0.1) is 71.7 Å². The zero-order chi connectivity index (χ0) is 64.4. The quantitative estimate of drug-likeness (QED) is 0.0258. The van der Waals surface area contributed by atoms with Crippen LogP contribution in [0.3, 0.4) is 0 Å². The third-order valence-corrected chi connectivity index (χ3v) is 18.0. The Balaban J connectivity index is 0.905. The molecule has 0 N–H and O–H groups in total. The van der Waals surface area contributed by atoms with Gasteiger partial charge in [-0.15, -0.1) is 0 Å². The van der Waals surface area contributed by atoms with Crippen LogP contribution in [0, 0.1) is 5.92 Å². The molecule has 9 aromatic rings. The molecule has 0 spiro atoms. The summed E-state index contributed by atoms with van der Waals surface area (Å²) in [6, 6.07) is 83.3. The third-order valence-electron chi connectivity index (χ3n) is 18.0. The van der Waals surface area contributed by atoms with Gasteiger partial charge in [0.25, 0.3) is 0 Å². The van der Waals surface area contributed by atoms with Crippen LogP contribution in [0.2, 0.25) is 0 Å². The van der Waals surface area contributed by atoms with Gasteiger partial charge < -0.3 is 61.6 Å². The maximum absolute atomic E-state index is 10.6. The first kappa shape index (κ1) is 65.7. The first-order valence-electron chi connectivity index (χ1n) is 32.9. The van der Waals surface area contributed by atoms with Crippen LogP contribution >= 0.6 is 0 Å². The lowest BCUT2D eigenvalue weighted by atomic mass is 9.81. The minimum Gasteiger partial charge on any atom is -0.374 e. The summed E-state index contributed by atoms with van der Waals surface area (Å²) in [6.45, 7) is 3.79. The molecule has 0 bridgehead atoms. The van der Waals surface area contributed by atoms with Crippen molar-refractivity contribution in [3.8, 4) is 0 Å². The van der Waals surface area contributed by atoms with Crippen LogP contribution in [-0.4, -0.2) is 99.0 Å². The molecule has 0 aromatic heterocycles. The van der Waals surface area contributed by atoms with E-state index in [1.807, 2.05) is 200 Å². The van der Waals surface area contributed by atoms with Crippen molar-refractivity contribution in [3.05, 3.63) is 310 Å². The van der Waals surface area contributed by atoms with Gasteiger partial charge in [0, 0.05) is 10.5 Å². The average molecular weight is 1280 g/mol. The summed E-state index contributed by atoms with van der Waals surface area (Å²) in [6.07, 6.45) is -11.9. The Labute approximate surface area is 555 Å². The number of rotatable bonds is 28. The Morgan fingerprint density at radius 1 is 0.411 bits per heavy atom. The summed E-state index contributed by atoms with van der Waals surface area (Å²) in [5, 5.41) is 6.73. The van der Waals surface area contributed by atoms with Crippen LogP contribution in [0.1, 0.15) is 64.1 Å². The second kappa shape index (κ2) is 33.1. The number of azide groups is 1. The van der Waals surface area contributed by atoms with Gasteiger partial charge in [-0.05, 0) is 73.7 Å². The molecule has 16 heteroatoms. The van der Waals surface area contributed by atoms with Gasteiger partial charge in [-0.3, -0.25) is 0 Å². The van der Waals surface area contributed by atoms with Crippen LogP contribution in [0.15, 0.2) is 260 Å². The summed E-state index contributed by atoms with van der Waals surface area (Å²) in [5.41, 5.74) is 18.1. The molecule has 95 heavy (non-hydrogen) atoms. The van der Waals surface area contributed by atoms with E-state index in [1.54, 1.807) is 0 Å². The van der Waals surface area contributed by atoms with Gasteiger partial charge in [-0.25, -0.2) is 0 Å².